The Labute approximate surface area is 476 Å². The quantitative estimate of drug-likeness (QED) is 0.225. The van der Waals surface area contributed by atoms with Gasteiger partial charge in [-0.15, -0.1) is 0 Å². The molecule has 81 heavy (non-hydrogen) atoms. The summed E-state index contributed by atoms with van der Waals surface area (Å²) in [6.07, 6.45) is 13.7. The molecule has 0 bridgehead atoms. The van der Waals surface area contributed by atoms with Crippen molar-refractivity contribution in [1.29, 1.82) is 0 Å². The van der Waals surface area contributed by atoms with Crippen LogP contribution in [-0.4, -0.2) is 220 Å². The zero-order valence-electron chi connectivity index (χ0n) is 48.1. The minimum atomic E-state index is -1.61. The Bertz CT molecular complexity index is 2340. The predicted molar refractivity (Wildman–Crippen MR) is 287 cm³/mol. The maximum atomic E-state index is 12.5. The maximum absolute atomic E-state index is 12.5. The number of rotatable bonds is 1. The highest BCUT2D eigenvalue weighted by Crippen LogP contribution is 2.54. The van der Waals surface area contributed by atoms with Gasteiger partial charge in [0.1, 0.15) is 29.5 Å². The van der Waals surface area contributed by atoms with E-state index in [1.807, 2.05) is 20.8 Å². The van der Waals surface area contributed by atoms with Crippen molar-refractivity contribution in [2.45, 2.75) is 331 Å². The minimum absolute atomic E-state index is 0.0943. The van der Waals surface area contributed by atoms with E-state index >= 15 is 0 Å². The molecule has 11 fully saturated rings. The van der Waals surface area contributed by atoms with Gasteiger partial charge in [0, 0.05) is 64.4 Å². The van der Waals surface area contributed by atoms with Crippen LogP contribution in [0.25, 0.3) is 0 Å². The summed E-state index contributed by atoms with van der Waals surface area (Å²) in [5.41, 5.74) is -3.58. The maximum Gasteiger partial charge on any atom is 0.189 e. The number of hydrogen-bond donors (Lipinski definition) is 5. The normalized spacial score (nSPS) is 58.8. The molecule has 5 N–H and O–H groups in total. The molecule has 31 unspecified atom stereocenters. The molecule has 14 rings (SSSR count). The Morgan fingerprint density at radius 3 is 1.70 bits per heavy atom. The lowest BCUT2D eigenvalue weighted by molar-refractivity contribution is -0.347. The van der Waals surface area contributed by atoms with Crippen LogP contribution in [0.3, 0.4) is 0 Å². The summed E-state index contributed by atoms with van der Waals surface area (Å²) in [6, 6.07) is 0. The fourth-order valence-corrected chi connectivity index (χ4v) is 17.3. The van der Waals surface area contributed by atoms with E-state index in [2.05, 4.69) is 50.3 Å². The number of aliphatic hydroxyl groups excluding tert-OH is 4. The highest BCUT2D eigenvalue weighted by atomic mass is 16.7. The first-order chi connectivity index (χ1) is 38.8. The number of ether oxygens (including phenoxy) is 14. The van der Waals surface area contributed by atoms with Crippen molar-refractivity contribution in [3.8, 4) is 0 Å². The molecule has 0 spiro atoms. The van der Waals surface area contributed by atoms with E-state index in [9.17, 15) is 25.5 Å². The van der Waals surface area contributed by atoms with E-state index in [4.69, 9.17) is 66.3 Å². The van der Waals surface area contributed by atoms with E-state index in [1.165, 1.54) is 0 Å². The van der Waals surface area contributed by atoms with Crippen LogP contribution in [0.1, 0.15) is 150 Å². The molecule has 14 aliphatic rings. The van der Waals surface area contributed by atoms with Gasteiger partial charge in [-0.05, 0) is 91.4 Å². The van der Waals surface area contributed by atoms with Gasteiger partial charge in [0.15, 0.2) is 5.79 Å². The number of hydrogen-bond acceptors (Lipinski definition) is 19. The van der Waals surface area contributed by atoms with E-state index in [-0.39, 0.29) is 110 Å². The Hall–Kier alpha value is -1.54. The lowest BCUT2D eigenvalue weighted by Gasteiger charge is -2.55. The summed E-state index contributed by atoms with van der Waals surface area (Å²) in [7, 11) is 0. The Balaban J connectivity index is 0.649. The Morgan fingerprint density at radius 1 is 0.432 bits per heavy atom. The summed E-state index contributed by atoms with van der Waals surface area (Å²) < 4.78 is 96.8. The van der Waals surface area contributed by atoms with Crippen molar-refractivity contribution in [1.82, 2.24) is 0 Å². The lowest BCUT2D eigenvalue weighted by atomic mass is 9.76. The fraction of sp³-hybridized carbons (Fsp3) is 0.903. The molecule has 0 aromatic rings. The second-order valence-electron chi connectivity index (χ2n) is 28.0. The van der Waals surface area contributed by atoms with E-state index < -0.39 is 89.7 Å². The third-order valence-electron chi connectivity index (χ3n) is 22.2. The number of aliphatic hydroxyl groups is 5. The van der Waals surface area contributed by atoms with Gasteiger partial charge in [-0.1, -0.05) is 43.4 Å². The second kappa shape index (κ2) is 21.9. The van der Waals surface area contributed by atoms with Crippen molar-refractivity contribution in [2.75, 3.05) is 13.2 Å². The van der Waals surface area contributed by atoms with Crippen molar-refractivity contribution in [3.63, 3.8) is 0 Å². The second-order valence-corrected chi connectivity index (χ2v) is 28.0. The molecule has 11 saturated heterocycles. The van der Waals surface area contributed by atoms with E-state index in [0.29, 0.717) is 96.5 Å². The van der Waals surface area contributed by atoms with Crippen molar-refractivity contribution < 1.29 is 91.8 Å². The molecule has 454 valence electrons. The third kappa shape index (κ3) is 10.7. The summed E-state index contributed by atoms with van der Waals surface area (Å²) in [5, 5.41) is 56.1. The zero-order valence-corrected chi connectivity index (χ0v) is 48.1. The van der Waals surface area contributed by atoms with Crippen LogP contribution in [0.4, 0.5) is 0 Å². The lowest BCUT2D eigenvalue weighted by Crippen LogP contribution is -2.66. The van der Waals surface area contributed by atoms with Gasteiger partial charge in [-0.2, -0.15) is 0 Å². The first-order valence-corrected chi connectivity index (χ1v) is 31.5. The van der Waals surface area contributed by atoms with Gasteiger partial charge in [-0.25, -0.2) is 0 Å². The van der Waals surface area contributed by atoms with Crippen LogP contribution >= 0.6 is 0 Å². The van der Waals surface area contributed by atoms with Crippen LogP contribution in [0.5, 0.6) is 0 Å². The van der Waals surface area contributed by atoms with Gasteiger partial charge in [-0.3, -0.25) is 0 Å². The molecule has 19 heteroatoms. The van der Waals surface area contributed by atoms with Crippen molar-refractivity contribution >= 4 is 0 Å². The van der Waals surface area contributed by atoms with Crippen LogP contribution < -0.4 is 0 Å². The van der Waals surface area contributed by atoms with Crippen LogP contribution in [0.2, 0.25) is 0 Å². The molecular weight excluding hydrogens is 1050 g/mol. The van der Waals surface area contributed by atoms with Crippen LogP contribution in [0.15, 0.2) is 36.5 Å². The highest BCUT2D eigenvalue weighted by molar-refractivity contribution is 5.15. The Kier molecular flexibility index (Phi) is 15.5. The highest BCUT2D eigenvalue weighted by Gasteiger charge is 2.64. The molecule has 0 radical (unpaired) electrons. The first-order valence-electron chi connectivity index (χ1n) is 31.5. The van der Waals surface area contributed by atoms with E-state index in [1.54, 1.807) is 0 Å². The molecule has 0 aromatic carbocycles. The molecule has 14 heterocycles. The van der Waals surface area contributed by atoms with Gasteiger partial charge in [0.2, 0.25) is 0 Å². The summed E-state index contributed by atoms with van der Waals surface area (Å²) in [5.74, 6) is -1.40. The standard InChI is InChI=1S/C62H92O19/c1-32-21-41-45(26-47-49(73-41)28-53(66)61(5)57(77-47)30-59(3)55(79-61)16-15-54-58(2,81-59)18-19-62(67,31-63)80-54)75-50-29-56-60(4,78-51(50)22-32)52(65)27-48-37(76-56)10-7-6-9-34-35(71-48)11-8-12-36-38(69-34)13-14-39-43(70-36)25-46-44(72-39)24-40-42(74-46)23-33(64)17-20-68-40/h6-8,11,13-14,32-57,63-67H,9-10,12,15-31H2,1-5H3/b7-6-,11-8-. The summed E-state index contributed by atoms with van der Waals surface area (Å²) >= 11 is 0. The average Bonchev–Trinajstić information content (AvgIpc) is 3.83. The molecule has 31 atom stereocenters. The topological polar surface area (TPSA) is 230 Å². The van der Waals surface area contributed by atoms with Gasteiger partial charge >= 0.3 is 0 Å². The Morgan fingerprint density at radius 2 is 0.951 bits per heavy atom. The monoisotopic (exact) mass is 1140 g/mol. The smallest absolute Gasteiger partial charge is 0.189 e. The molecule has 14 aliphatic heterocycles. The fourth-order valence-electron chi connectivity index (χ4n) is 17.3. The third-order valence-corrected chi connectivity index (χ3v) is 22.2. The average molecular weight is 1140 g/mol. The first kappa shape index (κ1) is 57.2. The molecular formula is C62H92O19. The van der Waals surface area contributed by atoms with Gasteiger partial charge in [0.25, 0.3) is 0 Å². The largest absolute Gasteiger partial charge is 0.393 e. The zero-order chi connectivity index (χ0) is 55.8. The van der Waals surface area contributed by atoms with Gasteiger partial charge in [0.05, 0.1) is 152 Å². The summed E-state index contributed by atoms with van der Waals surface area (Å²) in [4.78, 5) is 0. The summed E-state index contributed by atoms with van der Waals surface area (Å²) in [6.45, 7) is 10.4. The molecule has 0 aliphatic carbocycles. The van der Waals surface area contributed by atoms with Crippen molar-refractivity contribution in [3.05, 3.63) is 36.5 Å². The van der Waals surface area contributed by atoms with Gasteiger partial charge < -0.3 is 91.8 Å². The van der Waals surface area contributed by atoms with Crippen LogP contribution in [-0.2, 0) is 66.3 Å². The SMILES string of the molecule is CC1CC2OC3CC(O)C4(C)OC5CCC6OC(O)(CO)CCC6(C)OC5(C)CC4OC3CC2OC2CC3OC4C/C=C\CC5OC6C=CC7OC8CC9OCCC(O)CC9OC8CC7OC6C/C=C\C5OC4CC(O)C3(C)OC2C1. The van der Waals surface area contributed by atoms with Crippen molar-refractivity contribution in [2.24, 2.45) is 5.92 Å². The predicted octanol–water partition coefficient (Wildman–Crippen LogP) is 4.64. The minimum Gasteiger partial charge on any atom is -0.393 e. The van der Waals surface area contributed by atoms with E-state index in [0.717, 1.165) is 19.3 Å². The molecule has 0 amide bonds. The molecule has 0 saturated carbocycles. The van der Waals surface area contributed by atoms with Crippen LogP contribution in [0, 0.1) is 5.92 Å². The number of fused-ring (bicyclic) bond motifs is 13. The molecule has 19 nitrogen and oxygen atoms in total. The molecule has 0 aromatic heterocycles.